The second kappa shape index (κ2) is 9.27. The Morgan fingerprint density at radius 1 is 1.19 bits per heavy atom. The summed E-state index contributed by atoms with van der Waals surface area (Å²) in [5.74, 6) is -0.284. The van der Waals surface area contributed by atoms with Gasteiger partial charge >= 0.3 is 5.76 Å². The van der Waals surface area contributed by atoms with Crippen LogP contribution >= 0.6 is 0 Å². The lowest BCUT2D eigenvalue weighted by molar-refractivity contribution is -0.0419. The zero-order valence-corrected chi connectivity index (χ0v) is 19.0. The van der Waals surface area contributed by atoms with Gasteiger partial charge in [0.1, 0.15) is 0 Å². The quantitative estimate of drug-likeness (QED) is 0.532. The van der Waals surface area contributed by atoms with E-state index in [2.05, 4.69) is 11.8 Å². The van der Waals surface area contributed by atoms with Crippen molar-refractivity contribution in [1.29, 1.82) is 5.41 Å². The minimum atomic E-state index is -0.284. The summed E-state index contributed by atoms with van der Waals surface area (Å²) >= 11 is 0. The Hall–Kier alpha value is -1.96. The third-order valence-electron chi connectivity index (χ3n) is 7.29. The highest BCUT2D eigenvalue weighted by Crippen LogP contribution is 2.38. The summed E-state index contributed by atoms with van der Waals surface area (Å²) < 4.78 is 18.4. The summed E-state index contributed by atoms with van der Waals surface area (Å²) in [6.07, 6.45) is 6.70. The first-order chi connectivity index (χ1) is 14.9. The molecule has 4 rings (SSSR count). The van der Waals surface area contributed by atoms with Crippen molar-refractivity contribution in [2.45, 2.75) is 70.1 Å². The second-order valence-electron chi connectivity index (χ2n) is 9.32. The number of rotatable bonds is 7. The lowest BCUT2D eigenvalue weighted by Crippen LogP contribution is -2.53. The Balaban J connectivity index is 1.40. The van der Waals surface area contributed by atoms with Crippen molar-refractivity contribution in [3.05, 3.63) is 34.3 Å². The minimum absolute atomic E-state index is 0.142. The average Bonchev–Trinajstić information content (AvgIpc) is 3.10. The van der Waals surface area contributed by atoms with Gasteiger partial charge in [0, 0.05) is 37.5 Å². The van der Waals surface area contributed by atoms with E-state index in [4.69, 9.17) is 19.3 Å². The van der Waals surface area contributed by atoms with E-state index in [1.54, 1.807) is 14.0 Å². The predicted molar refractivity (Wildman–Crippen MR) is 121 cm³/mol. The summed E-state index contributed by atoms with van der Waals surface area (Å²) in [7, 11) is 1.71. The number of fused-ring (bicyclic) bond motifs is 1. The number of hydrogen-bond acceptors (Lipinski definition) is 6. The Morgan fingerprint density at radius 3 is 2.55 bits per heavy atom. The minimum Gasteiger partial charge on any atom is -0.408 e. The molecule has 0 amide bonds. The van der Waals surface area contributed by atoms with Crippen molar-refractivity contribution < 1.29 is 13.9 Å². The number of benzene rings is 1. The van der Waals surface area contributed by atoms with E-state index in [-0.39, 0.29) is 17.3 Å². The number of nitrogens with one attached hydrogen (secondary N) is 1. The van der Waals surface area contributed by atoms with Crippen LogP contribution in [0.2, 0.25) is 0 Å². The smallest absolute Gasteiger partial charge is 0.408 e. The number of piperidine rings is 1. The zero-order chi connectivity index (χ0) is 22.0. The maximum absolute atomic E-state index is 12.6. The molecule has 2 aromatic rings. The van der Waals surface area contributed by atoms with Gasteiger partial charge in [0.05, 0.1) is 24.8 Å². The van der Waals surface area contributed by atoms with Gasteiger partial charge in [-0.2, -0.15) is 0 Å². The molecule has 1 aliphatic heterocycles. The van der Waals surface area contributed by atoms with Crippen LogP contribution in [0.3, 0.4) is 0 Å². The topological polar surface area (TPSA) is 80.7 Å². The molecule has 1 N–H and O–H groups in total. The van der Waals surface area contributed by atoms with Crippen molar-refractivity contribution in [3.8, 4) is 0 Å². The van der Waals surface area contributed by atoms with Gasteiger partial charge in [-0.3, -0.25) is 9.47 Å². The second-order valence-corrected chi connectivity index (χ2v) is 9.32. The molecule has 1 aliphatic carbocycles. The molecule has 0 bridgehead atoms. The predicted octanol–water partition coefficient (Wildman–Crippen LogP) is 3.98. The van der Waals surface area contributed by atoms with E-state index >= 15 is 0 Å². The standard InChI is InChI=1S/C24H35N3O4/c1-17(25)18-4-5-22-21(16-18)27(23(28)31-22)19-8-12-26(13-9-19)24(2)10-6-20(7-11-24)30-15-14-29-3/h4-5,16,19-20,25H,6-15H2,1-3H3/t20-,24-. The highest BCUT2D eigenvalue weighted by molar-refractivity contribution is 5.98. The lowest BCUT2D eigenvalue weighted by atomic mass is 9.79. The first-order valence-electron chi connectivity index (χ1n) is 11.5. The molecule has 0 unspecified atom stereocenters. The fraction of sp³-hybridized carbons (Fsp3) is 0.667. The van der Waals surface area contributed by atoms with Gasteiger partial charge in [0.25, 0.3) is 0 Å². The molecule has 0 atom stereocenters. The van der Waals surface area contributed by atoms with Gasteiger partial charge in [-0.15, -0.1) is 0 Å². The van der Waals surface area contributed by atoms with Gasteiger partial charge in [-0.05, 0) is 76.1 Å². The van der Waals surface area contributed by atoms with Crippen molar-refractivity contribution in [2.24, 2.45) is 0 Å². The van der Waals surface area contributed by atoms with Gasteiger partial charge in [0.2, 0.25) is 0 Å². The van der Waals surface area contributed by atoms with Crippen molar-refractivity contribution in [3.63, 3.8) is 0 Å². The highest BCUT2D eigenvalue weighted by Gasteiger charge is 2.38. The number of likely N-dealkylation sites (tertiary alicyclic amines) is 1. The van der Waals surface area contributed by atoms with E-state index in [9.17, 15) is 4.79 Å². The molecular weight excluding hydrogens is 394 g/mol. The summed E-state index contributed by atoms with van der Waals surface area (Å²) in [6.45, 7) is 7.45. The monoisotopic (exact) mass is 429 g/mol. The molecule has 0 radical (unpaired) electrons. The molecule has 31 heavy (non-hydrogen) atoms. The molecule has 1 aromatic carbocycles. The van der Waals surface area contributed by atoms with Crippen molar-refractivity contribution in [1.82, 2.24) is 9.47 Å². The molecule has 170 valence electrons. The molecule has 2 fully saturated rings. The lowest BCUT2D eigenvalue weighted by Gasteiger charge is -2.48. The number of methoxy groups -OCH3 is 1. The van der Waals surface area contributed by atoms with Gasteiger partial charge in [-0.25, -0.2) is 4.79 Å². The van der Waals surface area contributed by atoms with Crippen molar-refractivity contribution >= 4 is 16.8 Å². The molecule has 1 aromatic heterocycles. The van der Waals surface area contributed by atoms with Gasteiger partial charge in [0.15, 0.2) is 5.58 Å². The zero-order valence-electron chi connectivity index (χ0n) is 19.0. The van der Waals surface area contributed by atoms with Crippen LogP contribution in [-0.4, -0.2) is 60.2 Å². The van der Waals surface area contributed by atoms with Crippen LogP contribution in [-0.2, 0) is 9.47 Å². The molecule has 1 saturated heterocycles. The van der Waals surface area contributed by atoms with Crippen molar-refractivity contribution in [2.75, 3.05) is 33.4 Å². The van der Waals surface area contributed by atoms with Crippen LogP contribution in [0.25, 0.3) is 11.1 Å². The van der Waals surface area contributed by atoms with Crippen LogP contribution in [0.5, 0.6) is 0 Å². The molecule has 7 heteroatoms. The summed E-state index contributed by atoms with van der Waals surface area (Å²) in [6, 6.07) is 5.71. The largest absolute Gasteiger partial charge is 0.420 e. The molecule has 7 nitrogen and oxygen atoms in total. The van der Waals surface area contributed by atoms with Crippen LogP contribution in [0.1, 0.15) is 64.0 Å². The number of aromatic nitrogens is 1. The fourth-order valence-corrected chi connectivity index (χ4v) is 5.27. The van der Waals surface area contributed by atoms with Gasteiger partial charge in [-0.1, -0.05) is 0 Å². The first kappa shape index (κ1) is 22.2. The third-order valence-corrected chi connectivity index (χ3v) is 7.29. The number of ether oxygens (including phenoxy) is 2. The Labute approximate surface area is 183 Å². The van der Waals surface area contributed by atoms with E-state index in [1.165, 1.54) is 0 Å². The number of oxazole rings is 1. The first-order valence-corrected chi connectivity index (χ1v) is 11.5. The maximum Gasteiger partial charge on any atom is 0.420 e. The molecule has 1 saturated carbocycles. The molecule has 2 aliphatic rings. The highest BCUT2D eigenvalue weighted by atomic mass is 16.5. The van der Waals surface area contributed by atoms with Gasteiger partial charge < -0.3 is 19.3 Å². The average molecular weight is 430 g/mol. The molecule has 0 spiro atoms. The SMILES string of the molecule is COCCO[C@H]1CC[C@](C)(N2CCC(n3c(=O)oc4ccc(C(C)=N)cc43)CC2)CC1. The Morgan fingerprint density at radius 2 is 1.90 bits per heavy atom. The van der Waals surface area contributed by atoms with E-state index in [0.717, 1.165) is 62.7 Å². The Kier molecular flexibility index (Phi) is 6.65. The summed E-state index contributed by atoms with van der Waals surface area (Å²) in [5, 5.41) is 7.92. The number of nitrogens with zero attached hydrogens (tertiary/aromatic N) is 2. The summed E-state index contributed by atoms with van der Waals surface area (Å²) in [5.41, 5.74) is 2.95. The third kappa shape index (κ3) is 4.64. The van der Waals surface area contributed by atoms with E-state index in [1.807, 2.05) is 22.8 Å². The van der Waals surface area contributed by atoms with E-state index < -0.39 is 0 Å². The maximum atomic E-state index is 12.6. The normalized spacial score (nSPS) is 25.8. The molecule has 2 heterocycles. The number of hydrogen-bond donors (Lipinski definition) is 1. The Bertz CT molecular complexity index is 963. The van der Waals surface area contributed by atoms with Crippen LogP contribution < -0.4 is 5.76 Å². The fourth-order valence-electron chi connectivity index (χ4n) is 5.27. The summed E-state index contributed by atoms with van der Waals surface area (Å²) in [4.78, 5) is 15.2. The molecular formula is C24H35N3O4. The van der Waals surface area contributed by atoms with Crippen LogP contribution in [0.15, 0.2) is 27.4 Å². The van der Waals surface area contributed by atoms with Crippen LogP contribution in [0.4, 0.5) is 0 Å². The van der Waals surface area contributed by atoms with Crippen LogP contribution in [0, 0.1) is 5.41 Å². The van der Waals surface area contributed by atoms with E-state index in [0.29, 0.717) is 30.6 Å².